The van der Waals surface area contributed by atoms with Gasteiger partial charge in [0.25, 0.3) is 0 Å². The van der Waals surface area contributed by atoms with Crippen LogP contribution in [0.15, 0.2) is 60.2 Å². The molecule has 5 rings (SSSR count). The van der Waals surface area contributed by atoms with Crippen molar-refractivity contribution in [1.29, 1.82) is 5.41 Å². The number of rotatable bonds is 12. The van der Waals surface area contributed by atoms with E-state index in [0.717, 1.165) is 19.3 Å². The summed E-state index contributed by atoms with van der Waals surface area (Å²) in [5.41, 5.74) is 2.98. The van der Waals surface area contributed by atoms with Gasteiger partial charge in [0.1, 0.15) is 17.3 Å². The van der Waals surface area contributed by atoms with Crippen LogP contribution in [0.3, 0.4) is 0 Å². The molecule has 0 aromatic heterocycles. The lowest BCUT2D eigenvalue weighted by Gasteiger charge is -2.22. The lowest BCUT2D eigenvalue weighted by Crippen LogP contribution is -2.34. The Morgan fingerprint density at radius 1 is 0.962 bits per heavy atom. The molecule has 0 bridgehead atoms. The maximum atomic E-state index is 15.8. The molecule has 1 fully saturated rings. The third-order valence-corrected chi connectivity index (χ3v) is 11.0. The van der Waals surface area contributed by atoms with Crippen molar-refractivity contribution in [1.82, 2.24) is 5.32 Å². The van der Waals surface area contributed by atoms with Crippen LogP contribution in [0.2, 0.25) is 10.0 Å². The molecule has 2 aliphatic rings. The first kappa shape index (κ1) is 39.1. The van der Waals surface area contributed by atoms with Gasteiger partial charge in [-0.25, -0.2) is 4.39 Å². The number of carbonyl (C=O) groups is 4. The van der Waals surface area contributed by atoms with Gasteiger partial charge in [-0.05, 0) is 74.6 Å². The van der Waals surface area contributed by atoms with Crippen LogP contribution in [0.4, 0.5) is 4.39 Å². The average molecular weight is 748 g/mol. The van der Waals surface area contributed by atoms with E-state index in [1.54, 1.807) is 44.2 Å². The topological polar surface area (TPSA) is 113 Å². The standard InChI is InChI=1S/C42H45Cl2FN2O5/c1-4-52-37-22-28(20-34(45)32(37)13-5-8-26-16-19-38(49)47-23-26)29-10-7-12-31(40(29)44)30-11-6-9-27(39(30)43)21-35(46)42(51)33-17-14-24(2)41(50)25(3)15-18-36(33)48/h6-7,9-12,17,20,22,24-26,46H,4-5,8,13-16,18-19,21,23H2,1-3H3,(H,47,49)/b33-17+,46-35?/t24?,25?,26-/m0/s1. The van der Waals surface area contributed by atoms with Gasteiger partial charge in [-0.2, -0.15) is 0 Å². The Labute approximate surface area is 314 Å². The molecule has 2 unspecified atom stereocenters. The first-order valence-electron chi connectivity index (χ1n) is 18.1. The second-order valence-corrected chi connectivity index (χ2v) is 14.7. The van der Waals surface area contributed by atoms with Gasteiger partial charge in [0.05, 0.1) is 27.9 Å². The predicted molar refractivity (Wildman–Crippen MR) is 204 cm³/mol. The molecule has 1 aliphatic carbocycles. The third-order valence-electron chi connectivity index (χ3n) is 10.2. The molecule has 1 amide bonds. The van der Waals surface area contributed by atoms with Crippen LogP contribution in [-0.4, -0.2) is 42.1 Å². The minimum atomic E-state index is -0.668. The van der Waals surface area contributed by atoms with E-state index in [9.17, 15) is 19.2 Å². The molecular weight excluding hydrogens is 702 g/mol. The maximum Gasteiger partial charge on any atom is 0.220 e. The third kappa shape index (κ3) is 9.07. The molecule has 7 nitrogen and oxygen atoms in total. The van der Waals surface area contributed by atoms with Gasteiger partial charge in [-0.3, -0.25) is 19.2 Å². The van der Waals surface area contributed by atoms with Gasteiger partial charge in [0, 0.05) is 59.9 Å². The molecule has 52 heavy (non-hydrogen) atoms. The zero-order valence-electron chi connectivity index (χ0n) is 29.9. The number of allylic oxidation sites excluding steroid dienone is 2. The van der Waals surface area contributed by atoms with Crippen LogP contribution >= 0.6 is 23.2 Å². The minimum Gasteiger partial charge on any atom is -0.493 e. The summed E-state index contributed by atoms with van der Waals surface area (Å²) in [6.07, 6.45) is 5.60. The van der Waals surface area contributed by atoms with Crippen molar-refractivity contribution in [3.05, 3.63) is 87.2 Å². The highest BCUT2D eigenvalue weighted by atomic mass is 35.5. The highest BCUT2D eigenvalue weighted by Gasteiger charge is 2.28. The van der Waals surface area contributed by atoms with Crippen LogP contribution in [-0.2, 0) is 32.0 Å². The predicted octanol–water partition coefficient (Wildman–Crippen LogP) is 9.37. The molecule has 10 heteroatoms. The van der Waals surface area contributed by atoms with Crippen molar-refractivity contribution in [3.8, 4) is 28.0 Å². The Balaban J connectivity index is 1.37. The molecule has 3 aromatic carbocycles. The molecule has 0 spiro atoms. The number of Topliss-reactive ketones (excluding diaryl/α,β-unsaturated/α-hetero) is 3. The van der Waals surface area contributed by atoms with E-state index in [0.29, 0.717) is 87.5 Å². The second-order valence-electron chi connectivity index (χ2n) is 13.9. The van der Waals surface area contributed by atoms with E-state index in [4.69, 9.17) is 33.3 Å². The van der Waals surface area contributed by atoms with Gasteiger partial charge in [-0.15, -0.1) is 0 Å². The fraction of sp³-hybridized carbons (Fsp3) is 0.405. The van der Waals surface area contributed by atoms with Gasteiger partial charge < -0.3 is 15.5 Å². The van der Waals surface area contributed by atoms with E-state index in [2.05, 4.69) is 5.32 Å². The van der Waals surface area contributed by atoms with Crippen molar-refractivity contribution < 1.29 is 28.3 Å². The molecule has 3 aromatic rings. The summed E-state index contributed by atoms with van der Waals surface area (Å²) < 4.78 is 21.7. The minimum absolute atomic E-state index is 0.0503. The number of carbonyl (C=O) groups excluding carboxylic acids is 4. The number of nitrogens with one attached hydrogen (secondary N) is 2. The second kappa shape index (κ2) is 17.6. The number of piperidine rings is 1. The molecule has 1 aliphatic heterocycles. The van der Waals surface area contributed by atoms with Gasteiger partial charge >= 0.3 is 0 Å². The van der Waals surface area contributed by atoms with Crippen LogP contribution in [0.25, 0.3) is 22.3 Å². The van der Waals surface area contributed by atoms with Crippen molar-refractivity contribution in [2.75, 3.05) is 13.2 Å². The van der Waals surface area contributed by atoms with Crippen LogP contribution in [0.5, 0.6) is 5.75 Å². The first-order chi connectivity index (χ1) is 24.9. The first-order valence-corrected chi connectivity index (χ1v) is 18.8. The molecule has 0 radical (unpaired) electrons. The van der Waals surface area contributed by atoms with E-state index in [-0.39, 0.29) is 65.7 Å². The van der Waals surface area contributed by atoms with Crippen LogP contribution in [0.1, 0.15) is 76.8 Å². The summed E-state index contributed by atoms with van der Waals surface area (Å²) in [4.78, 5) is 50.5. The molecule has 1 saturated heterocycles. The largest absolute Gasteiger partial charge is 0.493 e. The number of hydrogen-bond donors (Lipinski definition) is 2. The lowest BCUT2D eigenvalue weighted by molar-refractivity contribution is -0.126. The van der Waals surface area contributed by atoms with E-state index in [1.165, 1.54) is 12.1 Å². The summed E-state index contributed by atoms with van der Waals surface area (Å²) in [5.74, 6) is -1.02. The quantitative estimate of drug-likeness (QED) is 0.142. The van der Waals surface area contributed by atoms with Crippen molar-refractivity contribution in [2.45, 2.75) is 78.6 Å². The molecule has 3 atom stereocenters. The van der Waals surface area contributed by atoms with Gasteiger partial charge in [0.15, 0.2) is 5.78 Å². The summed E-state index contributed by atoms with van der Waals surface area (Å²) in [7, 11) is 0. The normalized spacial score (nSPS) is 20.6. The summed E-state index contributed by atoms with van der Waals surface area (Å²) in [6, 6.07) is 14.0. The Hall–Kier alpha value is -4.14. The molecular formula is C42H45Cl2FN2O5. The van der Waals surface area contributed by atoms with Crippen molar-refractivity contribution in [2.24, 2.45) is 17.8 Å². The number of ketones is 3. The van der Waals surface area contributed by atoms with Crippen molar-refractivity contribution in [3.63, 3.8) is 0 Å². The van der Waals surface area contributed by atoms with E-state index in [1.807, 2.05) is 19.1 Å². The number of halogens is 3. The number of hydrogen-bond acceptors (Lipinski definition) is 6. The van der Waals surface area contributed by atoms with Gasteiger partial charge in [-0.1, -0.05) is 79.5 Å². The molecule has 0 saturated carbocycles. The summed E-state index contributed by atoms with van der Waals surface area (Å²) in [6.45, 7) is 6.46. The maximum absolute atomic E-state index is 15.8. The van der Waals surface area contributed by atoms with E-state index >= 15 is 4.39 Å². The fourth-order valence-electron chi connectivity index (χ4n) is 7.07. The smallest absolute Gasteiger partial charge is 0.220 e. The number of amides is 1. The zero-order chi connectivity index (χ0) is 37.5. The monoisotopic (exact) mass is 746 g/mol. The lowest BCUT2D eigenvalue weighted by atomic mass is 9.91. The Morgan fingerprint density at radius 3 is 2.38 bits per heavy atom. The average Bonchev–Trinajstić information content (AvgIpc) is 3.16. The molecule has 2 N–H and O–H groups in total. The van der Waals surface area contributed by atoms with Gasteiger partial charge in [0.2, 0.25) is 11.7 Å². The Morgan fingerprint density at radius 2 is 1.67 bits per heavy atom. The Kier molecular flexibility index (Phi) is 13.2. The fourth-order valence-corrected chi connectivity index (χ4v) is 7.70. The molecule has 1 heterocycles. The Bertz CT molecular complexity index is 1910. The zero-order valence-corrected chi connectivity index (χ0v) is 31.4. The van der Waals surface area contributed by atoms with Crippen LogP contribution in [0, 0.1) is 29.0 Å². The number of ether oxygens (including phenoxy) is 1. The van der Waals surface area contributed by atoms with Crippen molar-refractivity contribution >= 4 is 52.2 Å². The summed E-state index contributed by atoms with van der Waals surface area (Å²) >= 11 is 14.0. The highest BCUT2D eigenvalue weighted by Crippen LogP contribution is 2.42. The highest BCUT2D eigenvalue weighted by molar-refractivity contribution is 6.51. The van der Waals surface area contributed by atoms with Crippen LogP contribution < -0.4 is 10.1 Å². The SMILES string of the molecule is CCOc1cc(-c2cccc(-c3cccc(CC(=N)C(=O)/C4=C/CC(C)C(=O)C(C)CCC4=O)c3Cl)c2Cl)cc(F)c1CCC[C@H]1CCC(=O)NC1. The molecule has 274 valence electrons. The van der Waals surface area contributed by atoms with E-state index < -0.39 is 5.78 Å². The number of benzene rings is 3. The summed E-state index contributed by atoms with van der Waals surface area (Å²) in [5, 5.41) is 12.2.